The van der Waals surface area contributed by atoms with Crippen LogP contribution in [0.3, 0.4) is 0 Å². The summed E-state index contributed by atoms with van der Waals surface area (Å²) < 4.78 is 13.0. The first-order valence-corrected chi connectivity index (χ1v) is 10.2. The number of unbranched alkanes of at least 4 members (excludes halogenated alkanes) is 2. The quantitative estimate of drug-likeness (QED) is 0.510. The lowest BCUT2D eigenvalue weighted by Crippen LogP contribution is -2.29. The number of ether oxygens (including phenoxy) is 2. The third-order valence-corrected chi connectivity index (χ3v) is 5.31. The Balaban J connectivity index is 2.42. The van der Waals surface area contributed by atoms with E-state index in [9.17, 15) is 0 Å². The molecule has 0 bridgehead atoms. The zero-order chi connectivity index (χ0) is 18.7. The SMILES string of the molecule is CCCCCc1cc(OC(C)(C)CC)c2c(c1)OC(C)(C)CC(C)C2. The van der Waals surface area contributed by atoms with Crippen LogP contribution in [0.1, 0.15) is 91.7 Å². The highest BCUT2D eigenvalue weighted by Gasteiger charge is 2.31. The van der Waals surface area contributed by atoms with Gasteiger partial charge in [-0.2, -0.15) is 0 Å². The minimum absolute atomic E-state index is 0.121. The van der Waals surface area contributed by atoms with E-state index in [0.29, 0.717) is 5.92 Å². The highest BCUT2D eigenvalue weighted by atomic mass is 16.5. The Hall–Kier alpha value is -1.18. The summed E-state index contributed by atoms with van der Waals surface area (Å²) in [6, 6.07) is 4.55. The molecular formula is C23H38O2. The van der Waals surface area contributed by atoms with Crippen LogP contribution in [0, 0.1) is 5.92 Å². The zero-order valence-electron chi connectivity index (χ0n) is 17.5. The molecule has 2 rings (SSSR count). The van der Waals surface area contributed by atoms with Gasteiger partial charge in [-0.3, -0.25) is 0 Å². The van der Waals surface area contributed by atoms with Crippen LogP contribution in [0.2, 0.25) is 0 Å². The summed E-state index contributed by atoms with van der Waals surface area (Å²) in [4.78, 5) is 0. The van der Waals surface area contributed by atoms with Crippen LogP contribution < -0.4 is 9.47 Å². The molecule has 0 radical (unpaired) electrons. The van der Waals surface area contributed by atoms with E-state index in [1.54, 1.807) is 0 Å². The van der Waals surface area contributed by atoms with Gasteiger partial charge in [-0.25, -0.2) is 0 Å². The van der Waals surface area contributed by atoms with E-state index in [1.807, 2.05) is 0 Å². The summed E-state index contributed by atoms with van der Waals surface area (Å²) in [5, 5.41) is 0. The monoisotopic (exact) mass is 346 g/mol. The molecule has 1 unspecified atom stereocenters. The smallest absolute Gasteiger partial charge is 0.127 e. The van der Waals surface area contributed by atoms with Crippen LogP contribution in [0.25, 0.3) is 0 Å². The van der Waals surface area contributed by atoms with Gasteiger partial charge in [0.1, 0.15) is 22.7 Å². The van der Waals surface area contributed by atoms with E-state index >= 15 is 0 Å². The molecule has 0 aromatic heterocycles. The fraction of sp³-hybridized carbons (Fsp3) is 0.739. The molecule has 0 spiro atoms. The van der Waals surface area contributed by atoms with E-state index in [4.69, 9.17) is 9.47 Å². The van der Waals surface area contributed by atoms with E-state index in [1.165, 1.54) is 30.4 Å². The first-order chi connectivity index (χ1) is 11.7. The van der Waals surface area contributed by atoms with Crippen molar-refractivity contribution in [1.29, 1.82) is 0 Å². The molecule has 1 heterocycles. The van der Waals surface area contributed by atoms with E-state index < -0.39 is 0 Å². The van der Waals surface area contributed by atoms with Crippen molar-refractivity contribution in [2.75, 3.05) is 0 Å². The molecule has 0 N–H and O–H groups in total. The average Bonchev–Trinajstić information content (AvgIpc) is 2.61. The molecule has 1 aromatic carbocycles. The lowest BCUT2D eigenvalue weighted by Gasteiger charge is -2.29. The first-order valence-electron chi connectivity index (χ1n) is 10.2. The normalized spacial score (nSPS) is 19.7. The summed E-state index contributed by atoms with van der Waals surface area (Å²) in [5.74, 6) is 2.68. The van der Waals surface area contributed by atoms with Crippen molar-refractivity contribution in [2.45, 2.75) is 105 Å². The van der Waals surface area contributed by atoms with Gasteiger partial charge in [0.2, 0.25) is 0 Å². The molecule has 1 aromatic rings. The Kier molecular flexibility index (Phi) is 6.45. The van der Waals surface area contributed by atoms with Crippen molar-refractivity contribution in [3.05, 3.63) is 23.3 Å². The number of benzene rings is 1. The highest BCUT2D eigenvalue weighted by Crippen LogP contribution is 2.41. The van der Waals surface area contributed by atoms with Crippen molar-refractivity contribution < 1.29 is 9.47 Å². The first kappa shape index (κ1) is 20.1. The molecule has 2 nitrogen and oxygen atoms in total. The molecule has 25 heavy (non-hydrogen) atoms. The number of hydrogen-bond acceptors (Lipinski definition) is 2. The Labute approximate surface area is 155 Å². The number of aryl methyl sites for hydroxylation is 1. The second-order valence-corrected chi connectivity index (χ2v) is 9.12. The summed E-state index contributed by atoms with van der Waals surface area (Å²) in [6.07, 6.45) is 7.95. The largest absolute Gasteiger partial charge is 0.487 e. The highest BCUT2D eigenvalue weighted by molar-refractivity contribution is 5.49. The minimum atomic E-state index is -0.152. The molecule has 0 amide bonds. The van der Waals surface area contributed by atoms with Gasteiger partial charge >= 0.3 is 0 Å². The van der Waals surface area contributed by atoms with Crippen LogP contribution in [-0.4, -0.2) is 11.2 Å². The molecular weight excluding hydrogens is 308 g/mol. The predicted octanol–water partition coefficient (Wildman–Crippen LogP) is 6.73. The van der Waals surface area contributed by atoms with E-state index in [2.05, 4.69) is 60.6 Å². The summed E-state index contributed by atoms with van der Waals surface area (Å²) >= 11 is 0. The molecule has 1 aliphatic heterocycles. The number of rotatable bonds is 7. The summed E-state index contributed by atoms with van der Waals surface area (Å²) in [6.45, 7) is 15.5. The zero-order valence-corrected chi connectivity index (χ0v) is 17.5. The lowest BCUT2D eigenvalue weighted by atomic mass is 9.90. The number of hydrogen-bond donors (Lipinski definition) is 0. The van der Waals surface area contributed by atoms with Gasteiger partial charge in [0, 0.05) is 5.56 Å². The van der Waals surface area contributed by atoms with Crippen molar-refractivity contribution in [2.24, 2.45) is 5.92 Å². The van der Waals surface area contributed by atoms with Crippen LogP contribution in [0.4, 0.5) is 0 Å². The van der Waals surface area contributed by atoms with Gasteiger partial charge in [0.25, 0.3) is 0 Å². The Morgan fingerprint density at radius 1 is 1.20 bits per heavy atom. The van der Waals surface area contributed by atoms with Gasteiger partial charge in [0.15, 0.2) is 0 Å². The molecule has 2 heteroatoms. The average molecular weight is 347 g/mol. The van der Waals surface area contributed by atoms with Crippen LogP contribution in [0.15, 0.2) is 12.1 Å². The lowest BCUT2D eigenvalue weighted by molar-refractivity contribution is 0.0896. The molecule has 0 saturated heterocycles. The van der Waals surface area contributed by atoms with Gasteiger partial charge in [-0.15, -0.1) is 0 Å². The van der Waals surface area contributed by atoms with E-state index in [0.717, 1.165) is 37.2 Å². The third kappa shape index (κ3) is 5.66. The standard InChI is InChI=1S/C23H38O2/c1-8-10-11-12-18-14-20(24-22(4,5)9-2)19-13-17(3)16-23(6,7)25-21(19)15-18/h14-15,17H,8-13,16H2,1-7H3. The maximum absolute atomic E-state index is 6.49. The van der Waals surface area contributed by atoms with E-state index in [-0.39, 0.29) is 11.2 Å². The van der Waals surface area contributed by atoms with Gasteiger partial charge in [0.05, 0.1) is 0 Å². The van der Waals surface area contributed by atoms with Gasteiger partial charge in [-0.1, -0.05) is 33.6 Å². The maximum atomic E-state index is 6.49. The summed E-state index contributed by atoms with van der Waals surface area (Å²) in [7, 11) is 0. The molecule has 0 aliphatic carbocycles. The van der Waals surface area contributed by atoms with Crippen LogP contribution in [0.5, 0.6) is 11.5 Å². The second kappa shape index (κ2) is 8.01. The molecule has 142 valence electrons. The fourth-order valence-corrected chi connectivity index (χ4v) is 3.75. The Bertz CT molecular complexity index is 572. The molecule has 0 fully saturated rings. The summed E-state index contributed by atoms with van der Waals surface area (Å²) in [5.41, 5.74) is 2.34. The van der Waals surface area contributed by atoms with Crippen molar-refractivity contribution in [3.63, 3.8) is 0 Å². The van der Waals surface area contributed by atoms with Crippen LogP contribution in [-0.2, 0) is 12.8 Å². The van der Waals surface area contributed by atoms with Crippen molar-refractivity contribution in [3.8, 4) is 11.5 Å². The van der Waals surface area contributed by atoms with Gasteiger partial charge < -0.3 is 9.47 Å². The van der Waals surface area contributed by atoms with Gasteiger partial charge in [-0.05, 0) is 83.4 Å². The predicted molar refractivity (Wildman–Crippen MR) is 107 cm³/mol. The Morgan fingerprint density at radius 3 is 2.56 bits per heavy atom. The number of fused-ring (bicyclic) bond motifs is 1. The molecule has 1 atom stereocenters. The van der Waals surface area contributed by atoms with Crippen molar-refractivity contribution >= 4 is 0 Å². The third-order valence-electron chi connectivity index (χ3n) is 5.31. The maximum Gasteiger partial charge on any atom is 0.127 e. The second-order valence-electron chi connectivity index (χ2n) is 9.12. The molecule has 1 aliphatic rings. The minimum Gasteiger partial charge on any atom is -0.487 e. The Morgan fingerprint density at radius 2 is 1.92 bits per heavy atom. The topological polar surface area (TPSA) is 18.5 Å². The van der Waals surface area contributed by atoms with Crippen molar-refractivity contribution in [1.82, 2.24) is 0 Å². The fourth-order valence-electron chi connectivity index (χ4n) is 3.75. The molecule has 0 saturated carbocycles. The van der Waals surface area contributed by atoms with Crippen LogP contribution >= 0.6 is 0 Å².